The summed E-state index contributed by atoms with van der Waals surface area (Å²) in [6.45, 7) is 2.02. The molecule has 7 nitrogen and oxygen atoms in total. The van der Waals surface area contributed by atoms with Crippen molar-refractivity contribution in [2.24, 2.45) is 0 Å². The van der Waals surface area contributed by atoms with Gasteiger partial charge in [0.15, 0.2) is 0 Å². The summed E-state index contributed by atoms with van der Waals surface area (Å²) < 4.78 is 5.97. The number of hydrogen-bond donors (Lipinski definition) is 1. The number of fused-ring (bicyclic) bond motifs is 2. The molecular weight excluding hydrogens is 400 g/mol. The fourth-order valence-corrected chi connectivity index (χ4v) is 5.54. The van der Waals surface area contributed by atoms with E-state index in [1.165, 1.54) is 34.8 Å². The van der Waals surface area contributed by atoms with Gasteiger partial charge in [-0.1, -0.05) is 0 Å². The zero-order valence-electron chi connectivity index (χ0n) is 14.9. The number of carbonyl (C=O) groups excluding carboxylic acids is 2. The highest BCUT2D eigenvalue weighted by atomic mass is 32.1. The fourth-order valence-electron chi connectivity index (χ4n) is 3.33. The molecule has 28 heavy (non-hydrogen) atoms. The van der Waals surface area contributed by atoms with Gasteiger partial charge in [-0.3, -0.25) is 14.9 Å². The van der Waals surface area contributed by atoms with E-state index in [-0.39, 0.29) is 18.2 Å². The Kier molecular flexibility index (Phi) is 4.86. The summed E-state index contributed by atoms with van der Waals surface area (Å²) in [5.74, 6) is -0.751. The van der Waals surface area contributed by atoms with E-state index in [0.717, 1.165) is 34.4 Å². The summed E-state index contributed by atoms with van der Waals surface area (Å²) in [6, 6.07) is 6.14. The monoisotopic (exact) mass is 416 g/mol. The van der Waals surface area contributed by atoms with Gasteiger partial charge in [0.05, 0.1) is 22.0 Å². The molecule has 0 saturated heterocycles. The molecule has 3 aromatic rings. The number of aryl methyl sites for hydroxylation is 1. The molecule has 1 amide bonds. The van der Waals surface area contributed by atoms with Crippen LogP contribution in [0.15, 0.2) is 24.3 Å². The Morgan fingerprint density at radius 2 is 2.07 bits per heavy atom. The standard InChI is InChI=1S/C19H16N2O5S2/c1-2-26-19(23)16-12-4-3-5-14(12)28-18(16)20-17(22)15-9-10-8-11(21(24)25)6-7-13(10)27-15/h6-9H,2-5H2,1H3,(H,20,22). The summed E-state index contributed by atoms with van der Waals surface area (Å²) in [5, 5.41) is 14.9. The van der Waals surface area contributed by atoms with Crippen molar-refractivity contribution in [2.45, 2.75) is 26.2 Å². The van der Waals surface area contributed by atoms with E-state index in [9.17, 15) is 19.7 Å². The van der Waals surface area contributed by atoms with Crippen molar-refractivity contribution in [3.05, 3.63) is 55.3 Å². The highest BCUT2D eigenvalue weighted by Crippen LogP contribution is 2.40. The van der Waals surface area contributed by atoms with E-state index >= 15 is 0 Å². The molecule has 1 aliphatic rings. The maximum absolute atomic E-state index is 12.8. The fraction of sp³-hybridized carbons (Fsp3) is 0.263. The third-order valence-corrected chi connectivity index (χ3v) is 6.88. The number of nitrogens with one attached hydrogen (secondary N) is 1. The van der Waals surface area contributed by atoms with Crippen molar-refractivity contribution < 1.29 is 19.2 Å². The summed E-state index contributed by atoms with van der Waals surface area (Å²) >= 11 is 2.68. The number of nitro groups is 1. The second-order valence-electron chi connectivity index (χ2n) is 6.33. The molecule has 1 aromatic carbocycles. The third-order valence-electron chi connectivity index (χ3n) is 4.56. The van der Waals surface area contributed by atoms with Crippen LogP contribution in [-0.2, 0) is 17.6 Å². The van der Waals surface area contributed by atoms with Gasteiger partial charge in [0.25, 0.3) is 11.6 Å². The molecule has 0 radical (unpaired) electrons. The zero-order valence-corrected chi connectivity index (χ0v) is 16.6. The van der Waals surface area contributed by atoms with Crippen molar-refractivity contribution in [2.75, 3.05) is 11.9 Å². The van der Waals surface area contributed by atoms with Crippen molar-refractivity contribution >= 4 is 55.3 Å². The number of nitrogens with zero attached hydrogens (tertiary/aromatic N) is 1. The Morgan fingerprint density at radius 1 is 1.25 bits per heavy atom. The van der Waals surface area contributed by atoms with Crippen LogP contribution in [0.2, 0.25) is 0 Å². The first-order chi connectivity index (χ1) is 13.5. The molecule has 2 heterocycles. The van der Waals surface area contributed by atoms with Crippen LogP contribution in [0.25, 0.3) is 10.1 Å². The van der Waals surface area contributed by atoms with Crippen LogP contribution >= 0.6 is 22.7 Å². The van der Waals surface area contributed by atoms with Crippen LogP contribution in [0, 0.1) is 10.1 Å². The lowest BCUT2D eigenvalue weighted by Gasteiger charge is -2.07. The van der Waals surface area contributed by atoms with Crippen LogP contribution in [0.3, 0.4) is 0 Å². The summed E-state index contributed by atoms with van der Waals surface area (Å²) in [6.07, 6.45) is 2.70. The lowest BCUT2D eigenvalue weighted by atomic mass is 10.1. The minimum Gasteiger partial charge on any atom is -0.462 e. The highest BCUT2D eigenvalue weighted by Gasteiger charge is 2.28. The SMILES string of the molecule is CCOC(=O)c1c(NC(=O)c2cc3cc([N+](=O)[O-])ccc3s2)sc2c1CCC2. The van der Waals surface area contributed by atoms with Crippen LogP contribution in [0.5, 0.6) is 0 Å². The van der Waals surface area contributed by atoms with Crippen molar-refractivity contribution in [1.29, 1.82) is 0 Å². The molecule has 9 heteroatoms. The average molecular weight is 416 g/mol. The topological polar surface area (TPSA) is 98.5 Å². The maximum atomic E-state index is 12.8. The van der Waals surface area contributed by atoms with E-state index in [4.69, 9.17) is 4.74 Å². The number of carbonyl (C=O) groups is 2. The van der Waals surface area contributed by atoms with E-state index in [0.29, 0.717) is 20.8 Å². The van der Waals surface area contributed by atoms with E-state index in [1.807, 2.05) is 0 Å². The van der Waals surface area contributed by atoms with Crippen LogP contribution in [0.4, 0.5) is 10.7 Å². The molecule has 0 atom stereocenters. The molecule has 0 spiro atoms. The molecular formula is C19H16N2O5S2. The highest BCUT2D eigenvalue weighted by molar-refractivity contribution is 7.21. The Hall–Kier alpha value is -2.78. The second kappa shape index (κ2) is 7.33. The van der Waals surface area contributed by atoms with Crippen LogP contribution in [0.1, 0.15) is 43.8 Å². The first-order valence-electron chi connectivity index (χ1n) is 8.79. The van der Waals surface area contributed by atoms with Gasteiger partial charge in [0.2, 0.25) is 0 Å². The number of rotatable bonds is 5. The van der Waals surface area contributed by atoms with E-state index in [2.05, 4.69) is 5.32 Å². The average Bonchev–Trinajstić information content (AvgIpc) is 3.34. The molecule has 0 bridgehead atoms. The number of amides is 1. The molecule has 4 rings (SSSR count). The second-order valence-corrected chi connectivity index (χ2v) is 8.51. The minimum atomic E-state index is -0.463. The summed E-state index contributed by atoms with van der Waals surface area (Å²) in [5.41, 5.74) is 1.42. The van der Waals surface area contributed by atoms with Gasteiger partial charge in [-0.2, -0.15) is 0 Å². The molecule has 1 aliphatic carbocycles. The molecule has 0 saturated carbocycles. The Labute approximate surface area is 168 Å². The molecule has 2 aromatic heterocycles. The lowest BCUT2D eigenvalue weighted by Crippen LogP contribution is -2.14. The molecule has 0 fully saturated rings. The minimum absolute atomic E-state index is 0.0171. The third kappa shape index (κ3) is 3.27. The lowest BCUT2D eigenvalue weighted by molar-refractivity contribution is -0.384. The van der Waals surface area contributed by atoms with Crippen LogP contribution in [-0.4, -0.2) is 23.4 Å². The number of esters is 1. The van der Waals surface area contributed by atoms with Gasteiger partial charge in [-0.25, -0.2) is 4.79 Å². The van der Waals surface area contributed by atoms with E-state index < -0.39 is 10.9 Å². The predicted octanol–water partition coefficient (Wildman–Crippen LogP) is 4.79. The largest absolute Gasteiger partial charge is 0.462 e. The first kappa shape index (κ1) is 18.6. The predicted molar refractivity (Wildman–Crippen MR) is 109 cm³/mol. The molecule has 1 N–H and O–H groups in total. The Bertz CT molecular complexity index is 1120. The summed E-state index contributed by atoms with van der Waals surface area (Å²) in [4.78, 5) is 37.2. The number of nitro benzene ring substituents is 1. The number of thiophene rings is 2. The van der Waals surface area contributed by atoms with Gasteiger partial charge < -0.3 is 10.1 Å². The summed E-state index contributed by atoms with van der Waals surface area (Å²) in [7, 11) is 0. The van der Waals surface area contributed by atoms with Gasteiger partial charge in [-0.05, 0) is 43.9 Å². The molecule has 0 unspecified atom stereocenters. The van der Waals surface area contributed by atoms with Gasteiger partial charge in [0, 0.05) is 27.1 Å². The van der Waals surface area contributed by atoms with Crippen molar-refractivity contribution in [3.63, 3.8) is 0 Å². The maximum Gasteiger partial charge on any atom is 0.341 e. The Morgan fingerprint density at radius 3 is 2.82 bits per heavy atom. The first-order valence-corrected chi connectivity index (χ1v) is 10.4. The number of anilines is 1. The van der Waals surface area contributed by atoms with Crippen molar-refractivity contribution in [1.82, 2.24) is 0 Å². The molecule has 0 aliphatic heterocycles. The van der Waals surface area contributed by atoms with Gasteiger partial charge >= 0.3 is 5.97 Å². The quantitative estimate of drug-likeness (QED) is 0.366. The van der Waals surface area contributed by atoms with Crippen molar-refractivity contribution in [3.8, 4) is 0 Å². The van der Waals surface area contributed by atoms with E-state index in [1.54, 1.807) is 19.1 Å². The van der Waals surface area contributed by atoms with Crippen LogP contribution < -0.4 is 5.32 Å². The van der Waals surface area contributed by atoms with Gasteiger partial charge in [-0.15, -0.1) is 22.7 Å². The van der Waals surface area contributed by atoms with Gasteiger partial charge in [0.1, 0.15) is 5.00 Å². The zero-order chi connectivity index (χ0) is 19.8. The molecule has 144 valence electrons. The number of benzene rings is 1. The number of non-ortho nitro benzene ring substituents is 1. The number of hydrogen-bond acceptors (Lipinski definition) is 7. The number of ether oxygens (including phenoxy) is 1. The Balaban J connectivity index is 1.64. The normalized spacial score (nSPS) is 12.8. The smallest absolute Gasteiger partial charge is 0.341 e.